The largest absolute Gasteiger partial charge is 0.594 e. The molecule has 1 fully saturated rings. The van der Waals surface area contributed by atoms with Gasteiger partial charge in [-0.2, -0.15) is 0 Å². The summed E-state index contributed by atoms with van der Waals surface area (Å²) in [5.74, 6) is -2.03. The number of hydrogen-bond acceptors (Lipinski definition) is 8. The van der Waals surface area contributed by atoms with Crippen LogP contribution in [0.2, 0.25) is 0 Å². The molecule has 0 bridgehead atoms. The second-order valence-corrected chi connectivity index (χ2v) is 8.67. The number of carbonyl (C=O) groups excluding carboxylic acids is 3. The molecule has 10 nitrogen and oxygen atoms in total. The first-order chi connectivity index (χ1) is 13.7. The van der Waals surface area contributed by atoms with Crippen molar-refractivity contribution in [1.29, 1.82) is 0 Å². The highest BCUT2D eigenvalue weighted by atomic mass is 32.2. The topological polar surface area (TPSA) is 144 Å². The van der Waals surface area contributed by atoms with Gasteiger partial charge in [0.15, 0.2) is 5.03 Å². The minimum absolute atomic E-state index is 0.106. The van der Waals surface area contributed by atoms with Crippen molar-refractivity contribution < 1.29 is 29.1 Å². The van der Waals surface area contributed by atoms with E-state index >= 15 is 0 Å². The van der Waals surface area contributed by atoms with E-state index in [-0.39, 0.29) is 23.7 Å². The van der Waals surface area contributed by atoms with Crippen LogP contribution < -0.4 is 10.2 Å². The fourth-order valence-electron chi connectivity index (χ4n) is 2.94. The van der Waals surface area contributed by atoms with Crippen LogP contribution in [-0.2, 0) is 19.2 Å². The summed E-state index contributed by atoms with van der Waals surface area (Å²) in [7, 11) is 0. The van der Waals surface area contributed by atoms with E-state index in [2.05, 4.69) is 10.4 Å². The average molecular weight is 438 g/mol. The molecule has 0 radical (unpaired) electrons. The maximum Gasteiger partial charge on any atom is 0.352 e. The van der Waals surface area contributed by atoms with Gasteiger partial charge in [-0.3, -0.25) is 19.3 Å². The van der Waals surface area contributed by atoms with Gasteiger partial charge in [-0.15, -0.1) is 11.8 Å². The van der Waals surface area contributed by atoms with Gasteiger partial charge in [0.2, 0.25) is 11.6 Å². The first kappa shape index (κ1) is 21.1. The smallest absolute Gasteiger partial charge is 0.352 e. The van der Waals surface area contributed by atoms with Crippen molar-refractivity contribution in [2.45, 2.75) is 36.7 Å². The number of thioether (sulfide) groups is 2. The molecular formula is C17H18N4O6S2. The monoisotopic (exact) mass is 438 g/mol. The van der Waals surface area contributed by atoms with Crippen molar-refractivity contribution in [2.75, 3.05) is 11.5 Å². The quantitative estimate of drug-likeness (QED) is 0.195. The van der Waals surface area contributed by atoms with Gasteiger partial charge in [-0.05, 0) is 18.6 Å². The molecule has 1 aromatic rings. The third-order valence-electron chi connectivity index (χ3n) is 4.33. The summed E-state index contributed by atoms with van der Waals surface area (Å²) in [6.45, 7) is 2.90. The summed E-state index contributed by atoms with van der Waals surface area (Å²) in [6.07, 6.45) is -0.325. The van der Waals surface area contributed by atoms with Crippen LogP contribution in [0.15, 0.2) is 28.4 Å². The number of nitrogens with one attached hydrogen (secondary N) is 1. The molecule has 2 N–H and O–H groups in total. The van der Waals surface area contributed by atoms with E-state index in [9.17, 15) is 29.5 Å². The number of carbonyl (C=O) groups is 4. The van der Waals surface area contributed by atoms with Gasteiger partial charge in [0.25, 0.3) is 5.91 Å². The number of amides is 2. The van der Waals surface area contributed by atoms with Crippen molar-refractivity contribution in [3.63, 3.8) is 0 Å². The lowest BCUT2D eigenvalue weighted by molar-refractivity contribution is -0.679. The third kappa shape index (κ3) is 4.37. The van der Waals surface area contributed by atoms with E-state index in [0.717, 1.165) is 0 Å². The molecule has 2 aliphatic heterocycles. The number of ketones is 1. The zero-order chi connectivity index (χ0) is 21.3. The Hall–Kier alpha value is -2.60. The number of Topliss-reactive ketones (excluding diaryl/α,β-unsaturated/α-hetero) is 1. The minimum atomic E-state index is -1.23. The van der Waals surface area contributed by atoms with Crippen molar-refractivity contribution in [1.82, 2.24) is 15.3 Å². The fourth-order valence-corrected chi connectivity index (χ4v) is 5.27. The van der Waals surface area contributed by atoms with Gasteiger partial charge in [-0.1, -0.05) is 16.6 Å². The number of aromatic nitrogens is 2. The van der Waals surface area contributed by atoms with Gasteiger partial charge in [0.05, 0.1) is 6.42 Å². The van der Waals surface area contributed by atoms with Crippen molar-refractivity contribution in [3.05, 3.63) is 34.3 Å². The standard InChI is InChI=1S/C17H18N4O6S2/c1-8-3-4-12(19-21(8)27)28-6-10-7-29-16-13(18-11(23)5-9(2)22)15(24)20(16)14(10)17(25)26/h3-4,13,16H,5-7H2,1-2H3,(H,18,23)(H,25,26)/t13?,16-/m0/s1. The first-order valence-corrected chi connectivity index (χ1v) is 10.6. The Bertz CT molecular complexity index is 934. The highest BCUT2D eigenvalue weighted by molar-refractivity contribution is 8.01. The van der Waals surface area contributed by atoms with Gasteiger partial charge >= 0.3 is 5.97 Å². The number of carboxylic acids is 1. The Morgan fingerprint density at radius 3 is 2.79 bits per heavy atom. The van der Waals surface area contributed by atoms with Gasteiger partial charge in [0, 0.05) is 29.6 Å². The van der Waals surface area contributed by atoms with Gasteiger partial charge < -0.3 is 15.6 Å². The molecule has 0 aliphatic carbocycles. The summed E-state index contributed by atoms with van der Waals surface area (Å²) < 4.78 is 0. The molecule has 0 saturated carbocycles. The normalized spacial score (nSPS) is 20.8. The van der Waals surface area contributed by atoms with Crippen LogP contribution in [-0.4, -0.2) is 61.6 Å². The zero-order valence-corrected chi connectivity index (χ0v) is 17.2. The SMILES string of the molecule is CC(=O)CC(=O)NC1C(=O)N2C(C(=O)O)=C(CSc3ccc(C)[n+]([O-])n3)CS[C@@H]12. The van der Waals surface area contributed by atoms with E-state index in [1.807, 2.05) is 0 Å². The second kappa shape index (κ2) is 8.41. The van der Waals surface area contributed by atoms with Crippen molar-refractivity contribution >= 4 is 47.1 Å². The highest BCUT2D eigenvalue weighted by Crippen LogP contribution is 2.41. The van der Waals surface area contributed by atoms with E-state index in [1.165, 1.54) is 35.3 Å². The molecule has 3 rings (SSSR count). The molecule has 1 aromatic heterocycles. The number of aliphatic carboxylic acids is 1. The maximum absolute atomic E-state index is 12.5. The number of fused-ring (bicyclic) bond motifs is 1. The van der Waals surface area contributed by atoms with Crippen LogP contribution >= 0.6 is 23.5 Å². The third-order valence-corrected chi connectivity index (χ3v) is 6.67. The van der Waals surface area contributed by atoms with E-state index in [4.69, 9.17) is 0 Å². The fraction of sp³-hybridized carbons (Fsp3) is 0.412. The van der Waals surface area contributed by atoms with Crippen LogP contribution in [0.3, 0.4) is 0 Å². The Morgan fingerprint density at radius 1 is 1.45 bits per heavy atom. The predicted molar refractivity (Wildman–Crippen MR) is 104 cm³/mol. The molecule has 2 aliphatic rings. The molecular weight excluding hydrogens is 420 g/mol. The Kier molecular flexibility index (Phi) is 6.13. The summed E-state index contributed by atoms with van der Waals surface area (Å²) >= 11 is 2.55. The van der Waals surface area contributed by atoms with Crippen molar-refractivity contribution in [2.24, 2.45) is 0 Å². The number of aryl methyl sites for hydroxylation is 1. The minimum Gasteiger partial charge on any atom is -0.594 e. The van der Waals surface area contributed by atoms with Gasteiger partial charge in [-0.25, -0.2) is 4.79 Å². The molecule has 29 heavy (non-hydrogen) atoms. The van der Waals surface area contributed by atoms with Crippen LogP contribution in [0, 0.1) is 12.1 Å². The molecule has 0 aromatic carbocycles. The number of β-lactam (4-membered cyclic amide) rings is 1. The lowest BCUT2D eigenvalue weighted by Gasteiger charge is -2.49. The van der Waals surface area contributed by atoms with Crippen molar-refractivity contribution in [3.8, 4) is 0 Å². The van der Waals surface area contributed by atoms with E-state index in [0.29, 0.717) is 26.9 Å². The Labute approximate surface area is 174 Å². The highest BCUT2D eigenvalue weighted by Gasteiger charge is 2.54. The Morgan fingerprint density at radius 2 is 2.17 bits per heavy atom. The van der Waals surface area contributed by atoms with Gasteiger partial charge in [0.1, 0.15) is 22.9 Å². The van der Waals surface area contributed by atoms with Crippen LogP contribution in [0.25, 0.3) is 0 Å². The number of carboxylic acid groups (broad SMARTS) is 1. The summed E-state index contributed by atoms with van der Waals surface area (Å²) in [4.78, 5) is 48.8. The summed E-state index contributed by atoms with van der Waals surface area (Å²) in [5, 5.41) is 27.5. The summed E-state index contributed by atoms with van der Waals surface area (Å²) in [6, 6.07) is 2.44. The summed E-state index contributed by atoms with van der Waals surface area (Å²) in [5.41, 5.74) is 0.871. The second-order valence-electron chi connectivity index (χ2n) is 6.57. The van der Waals surface area contributed by atoms with Crippen LogP contribution in [0.4, 0.5) is 0 Å². The molecule has 2 amide bonds. The molecule has 1 saturated heterocycles. The predicted octanol–water partition coefficient (Wildman–Crippen LogP) is -0.167. The maximum atomic E-state index is 12.5. The van der Waals surface area contributed by atoms with E-state index in [1.54, 1.807) is 19.1 Å². The zero-order valence-electron chi connectivity index (χ0n) is 15.6. The molecule has 154 valence electrons. The lowest BCUT2D eigenvalue weighted by Crippen LogP contribution is -2.70. The lowest BCUT2D eigenvalue weighted by atomic mass is 10.0. The van der Waals surface area contributed by atoms with Crippen LogP contribution in [0.1, 0.15) is 19.0 Å². The first-order valence-electron chi connectivity index (χ1n) is 8.58. The number of rotatable bonds is 7. The molecule has 12 heteroatoms. The molecule has 2 atom stereocenters. The average Bonchev–Trinajstić information content (AvgIpc) is 2.65. The Balaban J connectivity index is 1.73. The van der Waals surface area contributed by atoms with E-state index < -0.39 is 29.2 Å². The molecule has 3 heterocycles. The molecule has 0 spiro atoms. The van der Waals surface area contributed by atoms with Crippen LogP contribution in [0.5, 0.6) is 0 Å². The number of nitrogens with zero attached hydrogens (tertiary/aromatic N) is 3. The number of hydrogen-bond donors (Lipinski definition) is 2. The molecule has 1 unspecified atom stereocenters.